The van der Waals surface area contributed by atoms with Crippen LogP contribution in [-0.2, 0) is 11.2 Å². The Morgan fingerprint density at radius 3 is 2.95 bits per heavy atom. The van der Waals surface area contributed by atoms with Crippen LogP contribution in [0.4, 0.5) is 5.69 Å². The molecule has 1 unspecified atom stereocenters. The Morgan fingerprint density at radius 1 is 1.40 bits per heavy atom. The molecule has 4 N–H and O–H groups in total. The Kier molecular flexibility index (Phi) is 3.58. The monoisotopic (exact) mass is 334 g/mol. The van der Waals surface area contributed by atoms with E-state index in [2.05, 4.69) is 37.3 Å². The Balaban J connectivity index is 1.95. The predicted octanol–water partition coefficient (Wildman–Crippen LogP) is 2.15. The third-order valence-corrected chi connectivity index (χ3v) is 3.96. The number of anilines is 1. The summed E-state index contributed by atoms with van der Waals surface area (Å²) in [5.74, 6) is 0.957. The molecule has 2 heterocycles. The number of nitrogens with two attached hydrogens (primary N) is 1. The summed E-state index contributed by atoms with van der Waals surface area (Å²) in [5, 5.41) is 2.89. The van der Waals surface area contributed by atoms with Crippen LogP contribution in [0.2, 0.25) is 0 Å². The van der Waals surface area contributed by atoms with Gasteiger partial charge < -0.3 is 16.0 Å². The van der Waals surface area contributed by atoms with Gasteiger partial charge in [-0.25, -0.2) is 4.98 Å². The Bertz CT molecular complexity index is 652. The molecule has 3 rings (SSSR count). The van der Waals surface area contributed by atoms with Gasteiger partial charge in [-0.3, -0.25) is 4.79 Å². The van der Waals surface area contributed by atoms with Gasteiger partial charge in [-0.2, -0.15) is 0 Å². The van der Waals surface area contributed by atoms with E-state index in [0.29, 0.717) is 13.0 Å². The topological polar surface area (TPSA) is 83.8 Å². The van der Waals surface area contributed by atoms with Gasteiger partial charge in [0.1, 0.15) is 10.4 Å². The highest BCUT2D eigenvalue weighted by Crippen LogP contribution is 2.29. The first-order chi connectivity index (χ1) is 9.67. The minimum absolute atomic E-state index is 0.0317. The SMILES string of the molecule is NCC(c1ccc2c(c1)CCC(=O)N2)c1ncc(Br)[nH]1. The number of benzene rings is 1. The number of halogens is 1. The van der Waals surface area contributed by atoms with Gasteiger partial charge in [0.15, 0.2) is 0 Å². The summed E-state index contributed by atoms with van der Waals surface area (Å²) in [5.41, 5.74) is 9.08. The number of hydrogen-bond donors (Lipinski definition) is 3. The maximum atomic E-state index is 11.4. The second kappa shape index (κ2) is 5.38. The maximum Gasteiger partial charge on any atom is 0.224 e. The molecule has 0 saturated carbocycles. The number of fused-ring (bicyclic) bond motifs is 1. The highest BCUT2D eigenvalue weighted by Gasteiger charge is 2.20. The number of aryl methyl sites for hydroxylation is 1. The number of hydrogen-bond acceptors (Lipinski definition) is 3. The van der Waals surface area contributed by atoms with Gasteiger partial charge in [-0.1, -0.05) is 12.1 Å². The maximum absolute atomic E-state index is 11.4. The van der Waals surface area contributed by atoms with Gasteiger partial charge in [-0.15, -0.1) is 0 Å². The predicted molar refractivity (Wildman–Crippen MR) is 80.6 cm³/mol. The van der Waals surface area contributed by atoms with Crippen molar-refractivity contribution in [3.63, 3.8) is 0 Å². The Labute approximate surface area is 125 Å². The molecule has 0 radical (unpaired) electrons. The molecule has 1 aliphatic rings. The molecule has 0 saturated heterocycles. The summed E-state index contributed by atoms with van der Waals surface area (Å²) < 4.78 is 0.844. The zero-order chi connectivity index (χ0) is 14.1. The largest absolute Gasteiger partial charge is 0.336 e. The smallest absolute Gasteiger partial charge is 0.224 e. The van der Waals surface area contributed by atoms with E-state index >= 15 is 0 Å². The molecule has 20 heavy (non-hydrogen) atoms. The molecule has 0 fully saturated rings. The second-order valence-corrected chi connectivity index (χ2v) is 5.72. The van der Waals surface area contributed by atoms with Gasteiger partial charge in [0.05, 0.1) is 12.1 Å². The first-order valence-corrected chi connectivity index (χ1v) is 7.30. The van der Waals surface area contributed by atoms with E-state index in [-0.39, 0.29) is 11.8 Å². The van der Waals surface area contributed by atoms with Gasteiger partial charge in [0, 0.05) is 18.7 Å². The Morgan fingerprint density at radius 2 is 2.25 bits per heavy atom. The molecular weight excluding hydrogens is 320 g/mol. The summed E-state index contributed by atoms with van der Waals surface area (Å²) in [7, 11) is 0. The van der Waals surface area contributed by atoms with Crippen LogP contribution in [0.5, 0.6) is 0 Å². The lowest BCUT2D eigenvalue weighted by molar-refractivity contribution is -0.116. The number of H-pyrrole nitrogens is 1. The van der Waals surface area contributed by atoms with Crippen molar-refractivity contribution < 1.29 is 4.79 Å². The number of nitrogens with zero attached hydrogens (tertiary/aromatic N) is 1. The number of carbonyl (C=O) groups excluding carboxylic acids is 1. The molecule has 0 bridgehead atoms. The molecule has 0 aliphatic carbocycles. The van der Waals surface area contributed by atoms with Gasteiger partial charge in [0.2, 0.25) is 5.91 Å². The molecule has 6 heteroatoms. The van der Waals surface area contributed by atoms with Crippen molar-refractivity contribution in [3.8, 4) is 0 Å². The van der Waals surface area contributed by atoms with Crippen LogP contribution in [0.15, 0.2) is 29.0 Å². The number of imidazole rings is 1. The summed E-state index contributed by atoms with van der Waals surface area (Å²) in [6, 6.07) is 6.06. The average molecular weight is 335 g/mol. The molecule has 5 nitrogen and oxygen atoms in total. The number of aromatic amines is 1. The van der Waals surface area contributed by atoms with Crippen LogP contribution >= 0.6 is 15.9 Å². The molecule has 1 atom stereocenters. The molecule has 2 aromatic rings. The quantitative estimate of drug-likeness (QED) is 0.804. The van der Waals surface area contributed by atoms with Crippen LogP contribution < -0.4 is 11.1 Å². The fraction of sp³-hybridized carbons (Fsp3) is 0.286. The van der Waals surface area contributed by atoms with Crippen LogP contribution in [0, 0.1) is 0 Å². The normalized spacial score (nSPS) is 15.6. The van der Waals surface area contributed by atoms with E-state index in [1.165, 1.54) is 0 Å². The number of carbonyl (C=O) groups is 1. The van der Waals surface area contributed by atoms with E-state index in [1.807, 2.05) is 12.1 Å². The molecule has 1 amide bonds. The van der Waals surface area contributed by atoms with E-state index < -0.39 is 0 Å². The van der Waals surface area contributed by atoms with Crippen LogP contribution in [0.1, 0.15) is 29.3 Å². The van der Waals surface area contributed by atoms with E-state index in [4.69, 9.17) is 5.73 Å². The van der Waals surface area contributed by atoms with E-state index in [9.17, 15) is 4.79 Å². The second-order valence-electron chi connectivity index (χ2n) is 4.87. The lowest BCUT2D eigenvalue weighted by Crippen LogP contribution is -2.20. The van der Waals surface area contributed by atoms with Crippen molar-refractivity contribution in [3.05, 3.63) is 46.0 Å². The van der Waals surface area contributed by atoms with Crippen LogP contribution in [-0.4, -0.2) is 22.4 Å². The summed E-state index contributed by atoms with van der Waals surface area (Å²) in [6.45, 7) is 0.477. The lowest BCUT2D eigenvalue weighted by atomic mass is 9.93. The summed E-state index contributed by atoms with van der Waals surface area (Å²) in [4.78, 5) is 18.9. The molecule has 1 aromatic carbocycles. The fourth-order valence-corrected chi connectivity index (χ4v) is 2.82. The van der Waals surface area contributed by atoms with Crippen molar-refractivity contribution in [2.24, 2.45) is 5.73 Å². The molecule has 1 aliphatic heterocycles. The third kappa shape index (κ3) is 2.48. The van der Waals surface area contributed by atoms with Crippen molar-refractivity contribution >= 4 is 27.5 Å². The third-order valence-electron chi connectivity index (χ3n) is 3.56. The lowest BCUT2D eigenvalue weighted by Gasteiger charge is -2.20. The summed E-state index contributed by atoms with van der Waals surface area (Å²) in [6.07, 6.45) is 3.04. The molecular formula is C14H15BrN4O. The average Bonchev–Trinajstić information content (AvgIpc) is 2.86. The molecule has 1 aromatic heterocycles. The van der Waals surface area contributed by atoms with Crippen molar-refractivity contribution in [2.75, 3.05) is 11.9 Å². The van der Waals surface area contributed by atoms with E-state index in [1.54, 1.807) is 6.20 Å². The number of aromatic nitrogens is 2. The Hall–Kier alpha value is -1.66. The number of rotatable bonds is 3. The first-order valence-electron chi connectivity index (χ1n) is 6.50. The fourth-order valence-electron chi connectivity index (χ4n) is 2.52. The van der Waals surface area contributed by atoms with Gasteiger partial charge in [-0.05, 0) is 39.5 Å². The standard InChI is InChI=1S/C14H15BrN4O/c15-12-7-17-14(19-12)10(6-16)8-1-3-11-9(5-8)2-4-13(20)18-11/h1,3,5,7,10H,2,4,6,16H2,(H,17,19)(H,18,20). The van der Waals surface area contributed by atoms with Gasteiger partial charge >= 0.3 is 0 Å². The van der Waals surface area contributed by atoms with Crippen LogP contribution in [0.25, 0.3) is 0 Å². The van der Waals surface area contributed by atoms with Crippen molar-refractivity contribution in [2.45, 2.75) is 18.8 Å². The number of nitrogens with one attached hydrogen (secondary N) is 2. The first kappa shape index (κ1) is 13.3. The van der Waals surface area contributed by atoms with Crippen LogP contribution in [0.3, 0.4) is 0 Å². The molecule has 104 valence electrons. The van der Waals surface area contributed by atoms with Crippen molar-refractivity contribution in [1.29, 1.82) is 0 Å². The van der Waals surface area contributed by atoms with Crippen molar-refractivity contribution in [1.82, 2.24) is 9.97 Å². The zero-order valence-corrected chi connectivity index (χ0v) is 12.4. The highest BCUT2D eigenvalue weighted by atomic mass is 79.9. The van der Waals surface area contributed by atoms with E-state index in [0.717, 1.165) is 33.7 Å². The minimum atomic E-state index is 0.0317. The number of amides is 1. The van der Waals surface area contributed by atoms with Gasteiger partial charge in [0.25, 0.3) is 0 Å². The highest BCUT2D eigenvalue weighted by molar-refractivity contribution is 9.10. The summed E-state index contributed by atoms with van der Waals surface area (Å²) >= 11 is 3.36. The minimum Gasteiger partial charge on any atom is -0.336 e. The molecule has 0 spiro atoms. The zero-order valence-electron chi connectivity index (χ0n) is 10.8.